The molecule has 1 rings (SSSR count). The normalized spacial score (nSPS) is 16.6. The monoisotopic (exact) mass is 326 g/mol. The fourth-order valence-corrected chi connectivity index (χ4v) is 2.79. The Balaban J connectivity index is 2.41. The van der Waals surface area contributed by atoms with Crippen molar-refractivity contribution in [1.29, 1.82) is 0 Å². The van der Waals surface area contributed by atoms with Gasteiger partial charge in [0.1, 0.15) is 6.04 Å². The highest BCUT2D eigenvalue weighted by atomic mass is 16.5. The fraction of sp³-hybridized carbons (Fsp3) is 0.824. The van der Waals surface area contributed by atoms with Crippen LogP contribution >= 0.6 is 0 Å². The predicted octanol–water partition coefficient (Wildman–Crippen LogP) is 1.87. The molecule has 132 valence electrons. The summed E-state index contributed by atoms with van der Waals surface area (Å²) in [5.41, 5.74) is 0. The zero-order valence-corrected chi connectivity index (χ0v) is 14.6. The van der Waals surface area contributed by atoms with E-state index >= 15 is 0 Å². The lowest BCUT2D eigenvalue weighted by molar-refractivity contribution is -0.145. The van der Waals surface area contributed by atoms with Crippen LogP contribution in [0.15, 0.2) is 0 Å². The van der Waals surface area contributed by atoms with Crippen LogP contribution in [0, 0.1) is 5.92 Å². The first-order valence-corrected chi connectivity index (χ1v) is 8.59. The lowest BCUT2D eigenvalue weighted by atomic mass is 10.0. The van der Waals surface area contributed by atoms with Gasteiger partial charge in [-0.3, -0.25) is 9.59 Å². The van der Waals surface area contributed by atoms with E-state index in [1.54, 1.807) is 0 Å². The number of rotatable bonds is 7. The van der Waals surface area contributed by atoms with Gasteiger partial charge in [0, 0.05) is 25.9 Å². The summed E-state index contributed by atoms with van der Waals surface area (Å²) in [5, 5.41) is 2.69. The smallest absolute Gasteiger partial charge is 0.328 e. The van der Waals surface area contributed by atoms with E-state index < -0.39 is 12.0 Å². The van der Waals surface area contributed by atoms with E-state index in [0.29, 0.717) is 6.42 Å². The summed E-state index contributed by atoms with van der Waals surface area (Å²) in [6, 6.07) is -0.638. The summed E-state index contributed by atoms with van der Waals surface area (Å²) in [5.74, 6) is -0.422. The number of carbonyl (C=O) groups excluding carboxylic acids is 3. The molecule has 1 fully saturated rings. The standard InChI is InChI=1S/C17H30N2O4/c1-13(2)12-14(17(22)23-3)18-15(20)8-9-16(21)19-10-6-4-5-7-11-19/h13-14H,4-12H2,1-3H3,(H,18,20)/t14-/m0/s1. The van der Waals surface area contributed by atoms with E-state index in [4.69, 9.17) is 4.74 Å². The van der Waals surface area contributed by atoms with Gasteiger partial charge in [-0.25, -0.2) is 4.79 Å². The van der Waals surface area contributed by atoms with Crippen LogP contribution in [0.3, 0.4) is 0 Å². The molecule has 23 heavy (non-hydrogen) atoms. The van der Waals surface area contributed by atoms with Crippen molar-refractivity contribution in [2.45, 2.75) is 64.8 Å². The summed E-state index contributed by atoms with van der Waals surface area (Å²) in [4.78, 5) is 37.7. The second-order valence-electron chi connectivity index (χ2n) is 6.57. The van der Waals surface area contributed by atoms with Gasteiger partial charge in [-0.05, 0) is 25.2 Å². The summed E-state index contributed by atoms with van der Waals surface area (Å²) in [6.45, 7) is 5.53. The Kier molecular flexibility index (Phi) is 8.66. The maximum absolute atomic E-state index is 12.2. The number of esters is 1. The van der Waals surface area contributed by atoms with Crippen molar-refractivity contribution in [1.82, 2.24) is 10.2 Å². The molecular formula is C17H30N2O4. The number of carbonyl (C=O) groups is 3. The molecule has 0 radical (unpaired) electrons. The third-order valence-electron chi connectivity index (χ3n) is 4.05. The van der Waals surface area contributed by atoms with Crippen molar-refractivity contribution in [2.24, 2.45) is 5.92 Å². The molecule has 1 aliphatic heterocycles. The Morgan fingerprint density at radius 2 is 1.65 bits per heavy atom. The number of nitrogens with zero attached hydrogens (tertiary/aromatic N) is 1. The second-order valence-corrected chi connectivity index (χ2v) is 6.57. The first kappa shape index (κ1) is 19.5. The van der Waals surface area contributed by atoms with Crippen LogP contribution in [0.1, 0.15) is 58.8 Å². The highest BCUT2D eigenvalue weighted by Gasteiger charge is 2.23. The number of nitrogens with one attached hydrogen (secondary N) is 1. The molecule has 0 aromatic rings. The Morgan fingerprint density at radius 3 is 2.17 bits per heavy atom. The molecule has 1 saturated heterocycles. The molecule has 0 aromatic carbocycles. The first-order chi connectivity index (χ1) is 10.9. The van der Waals surface area contributed by atoms with Gasteiger partial charge in [-0.15, -0.1) is 0 Å². The predicted molar refractivity (Wildman–Crippen MR) is 87.7 cm³/mol. The van der Waals surface area contributed by atoms with Crippen molar-refractivity contribution < 1.29 is 19.1 Å². The number of hydrogen-bond acceptors (Lipinski definition) is 4. The summed E-state index contributed by atoms with van der Waals surface area (Å²) in [6.07, 6.45) is 5.24. The molecule has 6 nitrogen and oxygen atoms in total. The zero-order valence-electron chi connectivity index (χ0n) is 14.6. The summed E-state index contributed by atoms with van der Waals surface area (Å²) in [7, 11) is 1.31. The van der Waals surface area contributed by atoms with Crippen LogP contribution < -0.4 is 5.32 Å². The van der Waals surface area contributed by atoms with Crippen LogP contribution in [-0.4, -0.2) is 48.9 Å². The van der Waals surface area contributed by atoms with Crippen molar-refractivity contribution in [3.05, 3.63) is 0 Å². The Hall–Kier alpha value is -1.59. The molecule has 0 spiro atoms. The van der Waals surface area contributed by atoms with Gasteiger partial charge in [0.05, 0.1) is 7.11 Å². The summed E-state index contributed by atoms with van der Waals surface area (Å²) < 4.78 is 4.72. The van der Waals surface area contributed by atoms with Gasteiger partial charge in [0.25, 0.3) is 0 Å². The maximum atomic E-state index is 12.2. The minimum Gasteiger partial charge on any atom is -0.467 e. The molecule has 1 atom stereocenters. The van der Waals surface area contributed by atoms with Crippen molar-refractivity contribution in [2.75, 3.05) is 20.2 Å². The van der Waals surface area contributed by atoms with Crippen LogP contribution in [0.4, 0.5) is 0 Å². The van der Waals surface area contributed by atoms with Gasteiger partial charge >= 0.3 is 5.97 Å². The van der Waals surface area contributed by atoms with E-state index in [-0.39, 0.29) is 30.6 Å². The van der Waals surface area contributed by atoms with Crippen LogP contribution in [0.5, 0.6) is 0 Å². The maximum Gasteiger partial charge on any atom is 0.328 e. The Morgan fingerprint density at radius 1 is 1.04 bits per heavy atom. The van der Waals surface area contributed by atoms with Crippen molar-refractivity contribution >= 4 is 17.8 Å². The molecule has 1 heterocycles. The Bertz CT molecular complexity index is 401. The summed E-state index contributed by atoms with van der Waals surface area (Å²) >= 11 is 0. The third kappa shape index (κ3) is 7.48. The molecular weight excluding hydrogens is 296 g/mol. The number of hydrogen-bond donors (Lipinski definition) is 1. The van der Waals surface area contributed by atoms with Gasteiger partial charge in [-0.1, -0.05) is 26.7 Å². The number of likely N-dealkylation sites (tertiary alicyclic amines) is 1. The molecule has 0 unspecified atom stereocenters. The second kappa shape index (κ2) is 10.2. The topological polar surface area (TPSA) is 75.7 Å². The molecule has 1 N–H and O–H groups in total. The average molecular weight is 326 g/mol. The average Bonchev–Trinajstić information content (AvgIpc) is 2.80. The molecule has 0 bridgehead atoms. The van der Waals surface area contributed by atoms with Crippen molar-refractivity contribution in [3.63, 3.8) is 0 Å². The lowest BCUT2D eigenvalue weighted by Gasteiger charge is -2.21. The minimum absolute atomic E-state index is 0.0283. The van der Waals surface area contributed by atoms with Gasteiger partial charge < -0.3 is 15.0 Å². The van der Waals surface area contributed by atoms with Crippen LogP contribution in [-0.2, 0) is 19.1 Å². The van der Waals surface area contributed by atoms with E-state index in [1.807, 2.05) is 18.7 Å². The Labute approximate surface area is 138 Å². The first-order valence-electron chi connectivity index (χ1n) is 8.59. The van der Waals surface area contributed by atoms with E-state index in [0.717, 1.165) is 25.9 Å². The van der Waals surface area contributed by atoms with Crippen LogP contribution in [0.2, 0.25) is 0 Å². The van der Waals surface area contributed by atoms with Gasteiger partial charge in [0.15, 0.2) is 0 Å². The van der Waals surface area contributed by atoms with Gasteiger partial charge in [0.2, 0.25) is 11.8 Å². The lowest BCUT2D eigenvalue weighted by Crippen LogP contribution is -2.42. The molecule has 0 aromatic heterocycles. The number of ether oxygens (including phenoxy) is 1. The number of methoxy groups -OCH3 is 1. The molecule has 0 saturated carbocycles. The molecule has 2 amide bonds. The number of amides is 2. The molecule has 6 heteroatoms. The quantitative estimate of drug-likeness (QED) is 0.725. The zero-order chi connectivity index (χ0) is 17.2. The molecule has 0 aliphatic carbocycles. The van der Waals surface area contributed by atoms with Crippen LogP contribution in [0.25, 0.3) is 0 Å². The SMILES string of the molecule is COC(=O)[C@H](CC(C)C)NC(=O)CCC(=O)N1CCCCCC1. The van der Waals surface area contributed by atoms with E-state index in [1.165, 1.54) is 20.0 Å². The van der Waals surface area contributed by atoms with E-state index in [2.05, 4.69) is 5.32 Å². The highest BCUT2D eigenvalue weighted by Crippen LogP contribution is 2.12. The largest absolute Gasteiger partial charge is 0.467 e. The van der Waals surface area contributed by atoms with Crippen molar-refractivity contribution in [3.8, 4) is 0 Å². The minimum atomic E-state index is -0.638. The highest BCUT2D eigenvalue weighted by molar-refractivity contribution is 5.87. The molecule has 1 aliphatic rings. The van der Waals surface area contributed by atoms with E-state index in [9.17, 15) is 14.4 Å². The van der Waals surface area contributed by atoms with Gasteiger partial charge in [-0.2, -0.15) is 0 Å². The third-order valence-corrected chi connectivity index (χ3v) is 4.05. The fourth-order valence-electron chi connectivity index (χ4n) is 2.79.